The number of nitrogens with zero attached hydrogens (tertiary/aromatic N) is 2. The summed E-state index contributed by atoms with van der Waals surface area (Å²) >= 11 is 3.46. The molecular formula is C12H14BrN3. The molecule has 1 heterocycles. The highest BCUT2D eigenvalue weighted by Gasteiger charge is 2.25. The molecule has 0 radical (unpaired) electrons. The number of likely N-dealkylation sites (N-methyl/N-ethyl adjacent to an activating group) is 1. The van der Waals surface area contributed by atoms with Crippen molar-refractivity contribution in [2.24, 2.45) is 0 Å². The van der Waals surface area contributed by atoms with Crippen molar-refractivity contribution < 1.29 is 0 Å². The molecule has 0 spiro atoms. The molecule has 0 atom stereocenters. The van der Waals surface area contributed by atoms with E-state index in [1.165, 1.54) is 0 Å². The third kappa shape index (κ3) is 2.06. The second-order valence-corrected chi connectivity index (χ2v) is 4.79. The fourth-order valence-electron chi connectivity index (χ4n) is 1.96. The van der Waals surface area contributed by atoms with E-state index in [0.29, 0.717) is 6.04 Å². The van der Waals surface area contributed by atoms with E-state index in [9.17, 15) is 0 Å². The lowest BCUT2D eigenvalue weighted by Crippen LogP contribution is -2.57. The van der Waals surface area contributed by atoms with E-state index in [4.69, 9.17) is 5.26 Å². The summed E-state index contributed by atoms with van der Waals surface area (Å²) in [4.78, 5) is 2.29. The van der Waals surface area contributed by atoms with Crippen molar-refractivity contribution in [2.45, 2.75) is 13.0 Å². The molecule has 1 aliphatic rings. The predicted octanol–water partition coefficient (Wildman–Crippen LogP) is 2.12. The molecule has 1 fully saturated rings. The minimum absolute atomic E-state index is 0.520. The number of rotatable bonds is 3. The Bertz CT molecular complexity index is 421. The quantitative estimate of drug-likeness (QED) is 0.921. The van der Waals surface area contributed by atoms with E-state index in [1.54, 1.807) is 0 Å². The van der Waals surface area contributed by atoms with Gasteiger partial charge in [-0.1, -0.05) is 15.9 Å². The summed E-state index contributed by atoms with van der Waals surface area (Å²) in [5, 5.41) is 12.4. The molecule has 1 aromatic rings. The number of benzene rings is 1. The van der Waals surface area contributed by atoms with Crippen molar-refractivity contribution in [3.63, 3.8) is 0 Å². The highest BCUT2D eigenvalue weighted by molar-refractivity contribution is 9.10. The summed E-state index contributed by atoms with van der Waals surface area (Å²) in [6.45, 7) is 5.06. The van der Waals surface area contributed by atoms with Crippen LogP contribution in [0.25, 0.3) is 0 Å². The van der Waals surface area contributed by atoms with Crippen molar-refractivity contribution in [3.8, 4) is 6.07 Å². The van der Waals surface area contributed by atoms with Crippen LogP contribution in [0.2, 0.25) is 0 Å². The summed E-state index contributed by atoms with van der Waals surface area (Å²) in [6, 6.07) is 8.59. The molecule has 0 aliphatic carbocycles. The molecule has 1 N–H and O–H groups in total. The fraction of sp³-hybridized carbons (Fsp3) is 0.417. The first-order valence-corrected chi connectivity index (χ1v) is 6.22. The van der Waals surface area contributed by atoms with Crippen molar-refractivity contribution in [2.75, 3.05) is 24.5 Å². The average molecular weight is 280 g/mol. The molecule has 1 aromatic carbocycles. The minimum Gasteiger partial charge on any atom is -0.365 e. The van der Waals surface area contributed by atoms with Crippen molar-refractivity contribution in [3.05, 3.63) is 28.2 Å². The molecule has 0 amide bonds. The maximum absolute atomic E-state index is 9.12. The Kier molecular flexibility index (Phi) is 3.47. The van der Waals surface area contributed by atoms with E-state index in [1.807, 2.05) is 18.2 Å². The van der Waals surface area contributed by atoms with Gasteiger partial charge in [-0.3, -0.25) is 0 Å². The van der Waals surface area contributed by atoms with Gasteiger partial charge >= 0.3 is 0 Å². The normalized spacial score (nSPS) is 15.3. The van der Waals surface area contributed by atoms with Gasteiger partial charge in [0.25, 0.3) is 0 Å². The lowest BCUT2D eigenvalue weighted by molar-refractivity contribution is 0.417. The molecule has 3 nitrogen and oxygen atoms in total. The Morgan fingerprint density at radius 3 is 2.81 bits per heavy atom. The molecule has 2 rings (SSSR count). The van der Waals surface area contributed by atoms with Crippen LogP contribution in [-0.4, -0.2) is 25.7 Å². The van der Waals surface area contributed by atoms with Crippen molar-refractivity contribution in [1.29, 1.82) is 5.26 Å². The Morgan fingerprint density at radius 2 is 2.31 bits per heavy atom. The molecule has 1 saturated heterocycles. The summed E-state index contributed by atoms with van der Waals surface area (Å²) in [5.74, 6) is 0. The number of hydrogen-bond donors (Lipinski definition) is 1. The lowest BCUT2D eigenvalue weighted by atomic mass is 10.1. The fourth-order valence-corrected chi connectivity index (χ4v) is 2.31. The van der Waals surface area contributed by atoms with Gasteiger partial charge in [-0.05, 0) is 25.1 Å². The monoisotopic (exact) mass is 279 g/mol. The molecule has 16 heavy (non-hydrogen) atoms. The van der Waals surface area contributed by atoms with E-state index in [0.717, 1.165) is 35.4 Å². The van der Waals surface area contributed by atoms with Gasteiger partial charge in [-0.15, -0.1) is 0 Å². The first-order chi connectivity index (χ1) is 7.76. The zero-order chi connectivity index (χ0) is 11.5. The van der Waals surface area contributed by atoms with Crippen LogP contribution in [0.1, 0.15) is 12.5 Å². The Balaban J connectivity index is 2.35. The molecule has 1 aliphatic heterocycles. The second-order valence-electron chi connectivity index (χ2n) is 3.87. The van der Waals surface area contributed by atoms with Gasteiger partial charge in [0, 0.05) is 24.1 Å². The number of hydrogen-bond acceptors (Lipinski definition) is 3. The molecular weight excluding hydrogens is 266 g/mol. The Labute approximate surface area is 104 Å². The largest absolute Gasteiger partial charge is 0.365 e. The zero-order valence-electron chi connectivity index (χ0n) is 9.20. The second kappa shape index (κ2) is 4.86. The molecule has 84 valence electrons. The van der Waals surface area contributed by atoms with Crippen LogP contribution in [-0.2, 0) is 0 Å². The lowest BCUT2D eigenvalue weighted by Gasteiger charge is -2.39. The van der Waals surface area contributed by atoms with Gasteiger partial charge in [0.1, 0.15) is 6.07 Å². The van der Waals surface area contributed by atoms with E-state index in [2.05, 4.69) is 39.1 Å². The number of anilines is 1. The van der Waals surface area contributed by atoms with E-state index < -0.39 is 0 Å². The number of nitrogens with one attached hydrogen (secondary N) is 1. The van der Waals surface area contributed by atoms with E-state index >= 15 is 0 Å². The van der Waals surface area contributed by atoms with Crippen LogP contribution < -0.4 is 10.2 Å². The summed E-state index contributed by atoms with van der Waals surface area (Å²) in [6.07, 6.45) is 0. The summed E-state index contributed by atoms with van der Waals surface area (Å²) in [5.41, 5.74) is 1.78. The average Bonchev–Trinajstić information content (AvgIpc) is 2.23. The Morgan fingerprint density at radius 1 is 1.56 bits per heavy atom. The van der Waals surface area contributed by atoms with Crippen molar-refractivity contribution >= 4 is 21.6 Å². The first-order valence-electron chi connectivity index (χ1n) is 5.43. The summed E-state index contributed by atoms with van der Waals surface area (Å²) < 4.78 is 1.02. The molecule has 4 heteroatoms. The molecule has 0 unspecified atom stereocenters. The molecule has 0 bridgehead atoms. The number of halogens is 1. The number of nitriles is 1. The maximum atomic E-state index is 9.12. The smallest absolute Gasteiger partial charge is 0.101 e. The SMILES string of the molecule is CCN(c1cc(Br)ccc1C#N)C1CNC1. The zero-order valence-corrected chi connectivity index (χ0v) is 10.8. The topological polar surface area (TPSA) is 39.1 Å². The maximum Gasteiger partial charge on any atom is 0.101 e. The highest BCUT2D eigenvalue weighted by Crippen LogP contribution is 2.27. The summed E-state index contributed by atoms with van der Waals surface area (Å²) in [7, 11) is 0. The Hall–Kier alpha value is -1.05. The molecule has 0 aromatic heterocycles. The van der Waals surface area contributed by atoms with Crippen LogP contribution in [0.15, 0.2) is 22.7 Å². The van der Waals surface area contributed by atoms with Crippen LogP contribution >= 0.6 is 15.9 Å². The minimum atomic E-state index is 0.520. The predicted molar refractivity (Wildman–Crippen MR) is 68.5 cm³/mol. The third-order valence-corrected chi connectivity index (χ3v) is 3.42. The van der Waals surface area contributed by atoms with Gasteiger partial charge < -0.3 is 10.2 Å². The van der Waals surface area contributed by atoms with Crippen LogP contribution in [0.5, 0.6) is 0 Å². The first kappa shape index (κ1) is 11.4. The van der Waals surface area contributed by atoms with Crippen LogP contribution in [0.3, 0.4) is 0 Å². The van der Waals surface area contributed by atoms with E-state index in [-0.39, 0.29) is 0 Å². The van der Waals surface area contributed by atoms with Crippen LogP contribution in [0.4, 0.5) is 5.69 Å². The van der Waals surface area contributed by atoms with Gasteiger partial charge in [-0.2, -0.15) is 5.26 Å². The van der Waals surface area contributed by atoms with Gasteiger partial charge in [-0.25, -0.2) is 0 Å². The third-order valence-electron chi connectivity index (χ3n) is 2.93. The van der Waals surface area contributed by atoms with Crippen LogP contribution in [0, 0.1) is 11.3 Å². The van der Waals surface area contributed by atoms with Gasteiger partial charge in [0.05, 0.1) is 17.3 Å². The highest BCUT2D eigenvalue weighted by atomic mass is 79.9. The van der Waals surface area contributed by atoms with Crippen molar-refractivity contribution in [1.82, 2.24) is 5.32 Å². The standard InChI is InChI=1S/C12H14BrN3/c1-2-16(11-7-15-8-11)12-5-10(13)4-3-9(12)6-14/h3-5,11,15H,2,7-8H2,1H3. The van der Waals surface area contributed by atoms with Gasteiger partial charge in [0.15, 0.2) is 0 Å². The molecule has 0 saturated carbocycles. The van der Waals surface area contributed by atoms with Gasteiger partial charge in [0.2, 0.25) is 0 Å².